The molecule has 10 rings (SSSR count). The predicted octanol–water partition coefficient (Wildman–Crippen LogP) is 14.3. The number of nitrogens with zero attached hydrogens (tertiary/aromatic N) is 1. The third-order valence-corrected chi connectivity index (χ3v) is 10.3. The van der Waals surface area contributed by atoms with Crippen LogP contribution in [0.5, 0.6) is 0 Å². The van der Waals surface area contributed by atoms with Gasteiger partial charge in [0.1, 0.15) is 16.7 Å². The Bertz CT molecular complexity index is 3030. The van der Waals surface area contributed by atoms with Gasteiger partial charge in [-0.1, -0.05) is 146 Å². The van der Waals surface area contributed by atoms with Crippen LogP contribution in [0.1, 0.15) is 5.56 Å². The van der Waals surface area contributed by atoms with Crippen LogP contribution in [0.25, 0.3) is 82.8 Å². The van der Waals surface area contributed by atoms with Crippen molar-refractivity contribution in [3.8, 4) is 22.3 Å². The van der Waals surface area contributed by atoms with Gasteiger partial charge in [-0.25, -0.2) is 0 Å². The average Bonchev–Trinajstić information content (AvgIpc) is 3.82. The van der Waals surface area contributed by atoms with E-state index >= 15 is 0 Å². The molecule has 10 aromatic rings. The summed E-state index contributed by atoms with van der Waals surface area (Å²) in [6.07, 6.45) is 5.90. The van der Waals surface area contributed by atoms with Gasteiger partial charge >= 0.3 is 0 Å². The van der Waals surface area contributed by atoms with Crippen LogP contribution in [0, 0.1) is 0 Å². The number of furan rings is 2. The average molecular weight is 680 g/mol. The highest BCUT2D eigenvalue weighted by atomic mass is 16.3. The van der Waals surface area contributed by atoms with E-state index in [0.717, 1.165) is 83.0 Å². The molecule has 0 aliphatic carbocycles. The quantitative estimate of drug-likeness (QED) is 0.157. The van der Waals surface area contributed by atoms with Gasteiger partial charge in [0.15, 0.2) is 0 Å². The lowest BCUT2D eigenvalue weighted by atomic mass is 9.97. The first-order valence-corrected chi connectivity index (χ1v) is 17.9. The van der Waals surface area contributed by atoms with E-state index < -0.39 is 0 Å². The fraction of sp³-hybridized carbons (Fsp3) is 0. The summed E-state index contributed by atoms with van der Waals surface area (Å²) < 4.78 is 12.8. The van der Waals surface area contributed by atoms with Crippen molar-refractivity contribution < 1.29 is 8.83 Å². The van der Waals surface area contributed by atoms with E-state index in [-0.39, 0.29) is 0 Å². The van der Waals surface area contributed by atoms with Crippen molar-refractivity contribution in [1.29, 1.82) is 0 Å². The van der Waals surface area contributed by atoms with Crippen LogP contribution in [0.15, 0.2) is 203 Å². The molecule has 8 aromatic carbocycles. The molecule has 0 atom stereocenters. The van der Waals surface area contributed by atoms with Gasteiger partial charge in [0.2, 0.25) is 0 Å². The molecule has 250 valence electrons. The van der Waals surface area contributed by atoms with E-state index in [0.29, 0.717) is 0 Å². The molecule has 0 aliphatic heterocycles. The van der Waals surface area contributed by atoms with Crippen molar-refractivity contribution >= 4 is 71.9 Å². The smallest absolute Gasteiger partial charge is 0.143 e. The first-order chi connectivity index (χ1) is 26.2. The minimum atomic E-state index is 0.845. The number of anilines is 2. The van der Waals surface area contributed by atoms with Gasteiger partial charge < -0.3 is 13.7 Å². The van der Waals surface area contributed by atoms with Crippen LogP contribution >= 0.6 is 0 Å². The fourth-order valence-corrected chi connectivity index (χ4v) is 7.81. The zero-order chi connectivity index (χ0) is 35.3. The number of para-hydroxylation sites is 3. The minimum absolute atomic E-state index is 0.845. The highest BCUT2D eigenvalue weighted by Crippen LogP contribution is 2.44. The maximum Gasteiger partial charge on any atom is 0.143 e. The molecule has 0 amide bonds. The molecule has 3 nitrogen and oxygen atoms in total. The zero-order valence-corrected chi connectivity index (χ0v) is 28.9. The Morgan fingerprint density at radius 3 is 1.96 bits per heavy atom. The topological polar surface area (TPSA) is 29.5 Å². The summed E-state index contributed by atoms with van der Waals surface area (Å²) in [5.41, 5.74) is 10.9. The van der Waals surface area contributed by atoms with E-state index in [2.05, 4.69) is 169 Å². The van der Waals surface area contributed by atoms with Gasteiger partial charge in [0.25, 0.3) is 0 Å². The maximum atomic E-state index is 6.85. The van der Waals surface area contributed by atoms with Crippen molar-refractivity contribution in [3.63, 3.8) is 0 Å². The van der Waals surface area contributed by atoms with Crippen LogP contribution in [0.4, 0.5) is 11.4 Å². The Kier molecular flexibility index (Phi) is 7.29. The second-order valence-electron chi connectivity index (χ2n) is 13.3. The van der Waals surface area contributed by atoms with Crippen molar-refractivity contribution in [3.05, 3.63) is 200 Å². The van der Waals surface area contributed by atoms with Gasteiger partial charge in [0.05, 0.1) is 12.0 Å². The highest BCUT2D eigenvalue weighted by molar-refractivity contribution is 6.17. The summed E-state index contributed by atoms with van der Waals surface area (Å²) in [6, 6.07) is 59.7. The van der Waals surface area contributed by atoms with Crippen molar-refractivity contribution in [1.82, 2.24) is 0 Å². The molecule has 0 spiro atoms. The molecule has 0 N–H and O–H groups in total. The first kappa shape index (κ1) is 30.7. The minimum Gasteiger partial charge on any atom is -0.464 e. The summed E-state index contributed by atoms with van der Waals surface area (Å²) in [7, 11) is 0. The summed E-state index contributed by atoms with van der Waals surface area (Å²) in [5.74, 6) is 0. The number of fused-ring (bicyclic) bond motifs is 7. The van der Waals surface area contributed by atoms with Crippen LogP contribution < -0.4 is 4.90 Å². The SMILES string of the molecule is C=C/C(=C\c1coc2ccccc12)N(c1ccc(-c2cccc3ccccc23)cc1)c1ccccc1-c1cccc2c1oc1c3ccccc3ccc21. The van der Waals surface area contributed by atoms with Gasteiger partial charge in [-0.15, -0.1) is 0 Å². The molecule has 0 fully saturated rings. The molecule has 3 heteroatoms. The summed E-state index contributed by atoms with van der Waals surface area (Å²) in [6.45, 7) is 4.34. The number of hydrogen-bond donors (Lipinski definition) is 0. The molecule has 0 saturated heterocycles. The Hall–Kier alpha value is -7.10. The number of rotatable bonds is 7. The van der Waals surface area contributed by atoms with Gasteiger partial charge in [-0.05, 0) is 69.8 Å². The van der Waals surface area contributed by atoms with Crippen LogP contribution in [-0.2, 0) is 0 Å². The number of allylic oxidation sites excluding steroid dienone is 1. The molecular formula is C50H33NO2. The normalized spacial score (nSPS) is 12.0. The molecule has 2 aromatic heterocycles. The molecule has 0 aliphatic rings. The summed E-state index contributed by atoms with van der Waals surface area (Å²) in [4.78, 5) is 2.29. The van der Waals surface area contributed by atoms with E-state index in [1.165, 1.54) is 16.3 Å². The Labute approximate surface area is 306 Å². The van der Waals surface area contributed by atoms with Crippen LogP contribution in [-0.4, -0.2) is 0 Å². The third kappa shape index (κ3) is 5.13. The zero-order valence-electron chi connectivity index (χ0n) is 28.9. The van der Waals surface area contributed by atoms with Crippen molar-refractivity contribution in [2.24, 2.45) is 0 Å². The monoisotopic (exact) mass is 679 g/mol. The van der Waals surface area contributed by atoms with Crippen LogP contribution in [0.3, 0.4) is 0 Å². The van der Waals surface area contributed by atoms with Gasteiger partial charge in [-0.3, -0.25) is 0 Å². The highest BCUT2D eigenvalue weighted by Gasteiger charge is 2.22. The van der Waals surface area contributed by atoms with Crippen molar-refractivity contribution in [2.45, 2.75) is 0 Å². The lowest BCUT2D eigenvalue weighted by molar-refractivity contribution is 0.615. The second-order valence-corrected chi connectivity index (χ2v) is 13.3. The van der Waals surface area contributed by atoms with Crippen molar-refractivity contribution in [2.75, 3.05) is 4.90 Å². The standard InChI is InChI=1S/C50H33NO2/c1-2-37(31-36-32-52-48-24-10-8-17-41(36)48)51(38-28-25-35(26-29-38)40-20-11-15-33-13-3-5-16-39(33)40)47-23-9-7-19-43(47)44-21-12-22-45-46-30-27-34-14-4-6-18-42(34)49(46)53-50(44)45/h2-32H,1H2/b37-31+. The van der Waals surface area contributed by atoms with E-state index in [4.69, 9.17) is 8.83 Å². The second kappa shape index (κ2) is 12.6. The Balaban J connectivity index is 1.18. The third-order valence-electron chi connectivity index (χ3n) is 10.3. The molecule has 0 unspecified atom stereocenters. The summed E-state index contributed by atoms with van der Waals surface area (Å²) in [5, 5.41) is 7.97. The van der Waals surface area contributed by atoms with Gasteiger partial charge in [-0.2, -0.15) is 0 Å². The maximum absolute atomic E-state index is 6.85. The van der Waals surface area contributed by atoms with E-state index in [9.17, 15) is 0 Å². The van der Waals surface area contributed by atoms with E-state index in [1.807, 2.05) is 30.5 Å². The number of benzene rings is 8. The first-order valence-electron chi connectivity index (χ1n) is 17.9. The fourth-order valence-electron chi connectivity index (χ4n) is 7.81. The van der Waals surface area contributed by atoms with E-state index in [1.54, 1.807) is 0 Å². The molecule has 0 bridgehead atoms. The lowest BCUT2D eigenvalue weighted by Gasteiger charge is -2.29. The van der Waals surface area contributed by atoms with Gasteiger partial charge in [0, 0.05) is 49.6 Å². The lowest BCUT2D eigenvalue weighted by Crippen LogP contribution is -2.16. The molecular weight excluding hydrogens is 647 g/mol. The predicted molar refractivity (Wildman–Crippen MR) is 223 cm³/mol. The number of hydrogen-bond acceptors (Lipinski definition) is 3. The largest absolute Gasteiger partial charge is 0.464 e. The van der Waals surface area contributed by atoms with Crippen LogP contribution in [0.2, 0.25) is 0 Å². The molecule has 53 heavy (non-hydrogen) atoms. The molecule has 0 saturated carbocycles. The molecule has 2 heterocycles. The Morgan fingerprint density at radius 1 is 0.491 bits per heavy atom. The summed E-state index contributed by atoms with van der Waals surface area (Å²) >= 11 is 0. The molecule has 0 radical (unpaired) electrons. The Morgan fingerprint density at radius 2 is 1.11 bits per heavy atom.